The van der Waals surface area contributed by atoms with Crippen molar-refractivity contribution in [3.8, 4) is 6.07 Å². The number of nitriles is 1. The average molecular weight is 238 g/mol. The highest BCUT2D eigenvalue weighted by Crippen LogP contribution is 2.15. The van der Waals surface area contributed by atoms with Crippen LogP contribution in [0.4, 0.5) is 4.39 Å². The number of halogens is 1. The molecule has 0 aliphatic heterocycles. The Balaban J connectivity index is 2.88. The van der Waals surface area contributed by atoms with Gasteiger partial charge in [0.2, 0.25) is 0 Å². The number of carbonyl (C=O) groups is 1. The van der Waals surface area contributed by atoms with Crippen LogP contribution in [-0.2, 0) is 0 Å². The summed E-state index contributed by atoms with van der Waals surface area (Å²) in [5, 5.41) is 8.39. The third kappa shape index (κ3) is 2.97. The number of amides is 1. The fourth-order valence-electron chi connectivity index (χ4n) is 1.20. The smallest absolute Gasteiger partial charge is 0.256 e. The summed E-state index contributed by atoms with van der Waals surface area (Å²) in [6.07, 6.45) is 0.227. The Morgan fingerprint density at radius 3 is 2.94 bits per heavy atom. The molecule has 0 saturated carbocycles. The molecule has 0 aliphatic carbocycles. The first kappa shape index (κ1) is 12.5. The molecule has 0 aliphatic rings. The van der Waals surface area contributed by atoms with E-state index in [0.717, 1.165) is 0 Å². The summed E-state index contributed by atoms with van der Waals surface area (Å²) in [4.78, 5) is 13.6. The molecular formula is C11H11FN2OS. The molecule has 0 heterocycles. The van der Waals surface area contributed by atoms with Gasteiger partial charge in [-0.15, -0.1) is 12.6 Å². The van der Waals surface area contributed by atoms with E-state index in [1.165, 1.54) is 30.1 Å². The van der Waals surface area contributed by atoms with Crippen LogP contribution in [0.2, 0.25) is 0 Å². The molecule has 1 rings (SSSR count). The van der Waals surface area contributed by atoms with E-state index < -0.39 is 11.7 Å². The van der Waals surface area contributed by atoms with Gasteiger partial charge >= 0.3 is 0 Å². The number of thiol groups is 1. The summed E-state index contributed by atoms with van der Waals surface area (Å²) in [5.41, 5.74) is -0.0204. The van der Waals surface area contributed by atoms with E-state index in [0.29, 0.717) is 4.90 Å². The zero-order valence-corrected chi connectivity index (χ0v) is 9.67. The van der Waals surface area contributed by atoms with Gasteiger partial charge < -0.3 is 4.90 Å². The predicted octanol–water partition coefficient (Wildman–Crippen LogP) is 2.10. The molecule has 0 spiro atoms. The molecule has 84 valence electrons. The van der Waals surface area contributed by atoms with E-state index in [9.17, 15) is 9.18 Å². The van der Waals surface area contributed by atoms with Gasteiger partial charge in [-0.25, -0.2) is 4.39 Å². The first-order valence-corrected chi connectivity index (χ1v) is 5.12. The lowest BCUT2D eigenvalue weighted by molar-refractivity contribution is 0.0793. The Kier molecular flexibility index (Phi) is 4.32. The van der Waals surface area contributed by atoms with Crippen molar-refractivity contribution in [1.29, 1.82) is 5.26 Å². The third-order valence-corrected chi connectivity index (χ3v) is 2.36. The molecule has 1 amide bonds. The van der Waals surface area contributed by atoms with Crippen molar-refractivity contribution in [1.82, 2.24) is 4.90 Å². The summed E-state index contributed by atoms with van der Waals surface area (Å²) in [6.45, 7) is 0.283. The van der Waals surface area contributed by atoms with Crippen LogP contribution in [0.5, 0.6) is 0 Å². The van der Waals surface area contributed by atoms with Gasteiger partial charge in [0, 0.05) is 18.5 Å². The zero-order chi connectivity index (χ0) is 12.1. The van der Waals surface area contributed by atoms with Gasteiger partial charge in [0.15, 0.2) is 0 Å². The van der Waals surface area contributed by atoms with E-state index in [4.69, 9.17) is 5.26 Å². The largest absolute Gasteiger partial charge is 0.341 e. The third-order valence-electron chi connectivity index (χ3n) is 2.09. The lowest BCUT2D eigenvalue weighted by Gasteiger charge is -2.15. The normalized spacial score (nSPS) is 9.62. The number of rotatable bonds is 3. The zero-order valence-electron chi connectivity index (χ0n) is 8.77. The Morgan fingerprint density at radius 2 is 2.31 bits per heavy atom. The fraction of sp³-hybridized carbons (Fsp3) is 0.273. The maximum absolute atomic E-state index is 13.4. The molecule has 1 aromatic carbocycles. The highest BCUT2D eigenvalue weighted by molar-refractivity contribution is 7.80. The number of carbonyl (C=O) groups excluding carboxylic acids is 1. The second-order valence-corrected chi connectivity index (χ2v) is 3.82. The molecular weight excluding hydrogens is 227 g/mol. The van der Waals surface area contributed by atoms with Gasteiger partial charge in [-0.05, 0) is 18.2 Å². The molecule has 0 saturated heterocycles. The van der Waals surface area contributed by atoms with Crippen molar-refractivity contribution in [2.75, 3.05) is 13.6 Å². The summed E-state index contributed by atoms with van der Waals surface area (Å²) in [6, 6.07) is 5.99. The fourth-order valence-corrected chi connectivity index (χ4v) is 1.41. The minimum absolute atomic E-state index is 0.0204. The van der Waals surface area contributed by atoms with Crippen molar-refractivity contribution in [3.63, 3.8) is 0 Å². The SMILES string of the molecule is CN(CCC#N)C(=O)c1cc(S)ccc1F. The van der Waals surface area contributed by atoms with Gasteiger partial charge in [-0.2, -0.15) is 5.26 Å². The summed E-state index contributed by atoms with van der Waals surface area (Å²) < 4.78 is 13.4. The van der Waals surface area contributed by atoms with Crippen LogP contribution in [0, 0.1) is 17.1 Å². The summed E-state index contributed by atoms with van der Waals surface area (Å²) in [7, 11) is 1.53. The number of benzene rings is 1. The van der Waals surface area contributed by atoms with Crippen molar-refractivity contribution in [2.24, 2.45) is 0 Å². The van der Waals surface area contributed by atoms with Crippen LogP contribution < -0.4 is 0 Å². The van der Waals surface area contributed by atoms with Crippen LogP contribution in [-0.4, -0.2) is 24.4 Å². The van der Waals surface area contributed by atoms with Gasteiger partial charge in [0.05, 0.1) is 18.1 Å². The van der Waals surface area contributed by atoms with E-state index in [1.54, 1.807) is 0 Å². The van der Waals surface area contributed by atoms with E-state index in [-0.39, 0.29) is 18.5 Å². The Hall–Kier alpha value is -1.54. The maximum Gasteiger partial charge on any atom is 0.256 e. The highest BCUT2D eigenvalue weighted by Gasteiger charge is 2.15. The second-order valence-electron chi connectivity index (χ2n) is 3.30. The quantitative estimate of drug-likeness (QED) is 0.819. The lowest BCUT2D eigenvalue weighted by Crippen LogP contribution is -2.28. The highest BCUT2D eigenvalue weighted by atomic mass is 32.1. The molecule has 0 bridgehead atoms. The topological polar surface area (TPSA) is 44.1 Å². The van der Waals surface area contributed by atoms with Crippen LogP contribution in [0.1, 0.15) is 16.8 Å². The Labute approximate surface area is 98.9 Å². The molecule has 0 atom stereocenters. The van der Waals surface area contributed by atoms with Crippen molar-refractivity contribution in [2.45, 2.75) is 11.3 Å². The van der Waals surface area contributed by atoms with Gasteiger partial charge in [0.25, 0.3) is 5.91 Å². The molecule has 0 unspecified atom stereocenters. The molecule has 16 heavy (non-hydrogen) atoms. The van der Waals surface area contributed by atoms with E-state index in [1.807, 2.05) is 6.07 Å². The summed E-state index contributed by atoms with van der Waals surface area (Å²) in [5.74, 6) is -1.02. The molecule has 3 nitrogen and oxygen atoms in total. The molecule has 0 radical (unpaired) electrons. The van der Waals surface area contributed by atoms with Crippen LogP contribution in [0.25, 0.3) is 0 Å². The molecule has 0 N–H and O–H groups in total. The minimum atomic E-state index is -0.577. The van der Waals surface area contributed by atoms with Gasteiger partial charge in [0.1, 0.15) is 5.82 Å². The molecule has 0 fully saturated rings. The van der Waals surface area contributed by atoms with Crippen molar-refractivity contribution >= 4 is 18.5 Å². The summed E-state index contributed by atoms with van der Waals surface area (Å²) >= 11 is 4.05. The van der Waals surface area contributed by atoms with Crippen LogP contribution in [0.15, 0.2) is 23.1 Å². The van der Waals surface area contributed by atoms with E-state index >= 15 is 0 Å². The molecule has 1 aromatic rings. The minimum Gasteiger partial charge on any atom is -0.341 e. The molecule has 0 aromatic heterocycles. The van der Waals surface area contributed by atoms with Gasteiger partial charge in [-0.1, -0.05) is 0 Å². The van der Waals surface area contributed by atoms with Crippen LogP contribution in [0.3, 0.4) is 0 Å². The van der Waals surface area contributed by atoms with Crippen LogP contribution >= 0.6 is 12.6 Å². The van der Waals surface area contributed by atoms with Crippen molar-refractivity contribution < 1.29 is 9.18 Å². The first-order chi connectivity index (χ1) is 7.56. The Bertz CT molecular complexity index is 442. The molecule has 5 heteroatoms. The van der Waals surface area contributed by atoms with E-state index in [2.05, 4.69) is 12.6 Å². The first-order valence-electron chi connectivity index (χ1n) is 4.67. The number of nitrogens with zero attached hydrogens (tertiary/aromatic N) is 2. The standard InChI is InChI=1S/C11H11FN2OS/c1-14(6-2-5-13)11(15)9-7-8(16)3-4-10(9)12/h3-4,7,16H,2,6H2,1H3. The monoisotopic (exact) mass is 238 g/mol. The Morgan fingerprint density at radius 1 is 1.62 bits per heavy atom. The van der Waals surface area contributed by atoms with Crippen molar-refractivity contribution in [3.05, 3.63) is 29.6 Å². The lowest BCUT2D eigenvalue weighted by atomic mass is 10.2. The van der Waals surface area contributed by atoms with Gasteiger partial charge in [-0.3, -0.25) is 4.79 Å². The number of hydrogen-bond acceptors (Lipinski definition) is 3. The maximum atomic E-state index is 13.4. The predicted molar refractivity (Wildman–Crippen MR) is 60.8 cm³/mol. The second kappa shape index (κ2) is 5.52. The number of hydrogen-bond donors (Lipinski definition) is 1. The average Bonchev–Trinajstić information content (AvgIpc) is 2.28.